The fourth-order valence-corrected chi connectivity index (χ4v) is 5.70. The number of nitrogens with one attached hydrogen (secondary N) is 3. The van der Waals surface area contributed by atoms with Crippen LogP contribution in [0.1, 0.15) is 82.1 Å². The van der Waals surface area contributed by atoms with Gasteiger partial charge in [0.1, 0.15) is 11.7 Å². The van der Waals surface area contributed by atoms with Gasteiger partial charge >= 0.3 is 5.97 Å². The topological polar surface area (TPSA) is 121 Å². The zero-order valence-corrected chi connectivity index (χ0v) is 22.0. The number of hydrazine groups is 1. The number of carbonyl (C=O) groups is 4. The molecule has 200 valence electrons. The van der Waals surface area contributed by atoms with Gasteiger partial charge in [-0.2, -0.15) is 0 Å². The van der Waals surface area contributed by atoms with E-state index in [9.17, 15) is 19.2 Å². The Morgan fingerprint density at radius 2 is 1.89 bits per heavy atom. The molecule has 2 atom stereocenters. The lowest BCUT2D eigenvalue weighted by molar-refractivity contribution is -0.145. The lowest BCUT2D eigenvalue weighted by atomic mass is 9.84. The molecule has 37 heavy (non-hydrogen) atoms. The number of carbonyl (C=O) groups excluding carboxylic acids is 4. The van der Waals surface area contributed by atoms with E-state index >= 15 is 0 Å². The van der Waals surface area contributed by atoms with Crippen molar-refractivity contribution in [2.24, 2.45) is 11.8 Å². The van der Waals surface area contributed by atoms with Crippen molar-refractivity contribution in [2.45, 2.75) is 83.2 Å². The highest BCUT2D eigenvalue weighted by Crippen LogP contribution is 2.35. The molecule has 1 saturated heterocycles. The van der Waals surface area contributed by atoms with E-state index in [1.165, 1.54) is 18.5 Å². The number of methoxy groups -OCH3 is 1. The third-order valence-corrected chi connectivity index (χ3v) is 7.76. The minimum absolute atomic E-state index is 0.148. The van der Waals surface area contributed by atoms with Gasteiger partial charge in [-0.3, -0.25) is 24.6 Å². The Kier molecular flexibility index (Phi) is 8.19. The summed E-state index contributed by atoms with van der Waals surface area (Å²) in [6.45, 7) is 3.78. The molecule has 4 rings (SSSR count). The van der Waals surface area contributed by atoms with E-state index in [0.717, 1.165) is 36.6 Å². The van der Waals surface area contributed by atoms with E-state index < -0.39 is 17.5 Å². The van der Waals surface area contributed by atoms with Crippen LogP contribution in [0.15, 0.2) is 30.3 Å². The van der Waals surface area contributed by atoms with E-state index in [-0.39, 0.29) is 30.1 Å². The second-order valence-corrected chi connectivity index (χ2v) is 11.0. The highest BCUT2D eigenvalue weighted by atomic mass is 16.5. The first-order valence-corrected chi connectivity index (χ1v) is 13.3. The summed E-state index contributed by atoms with van der Waals surface area (Å²) in [4.78, 5) is 54.6. The van der Waals surface area contributed by atoms with Gasteiger partial charge in [0.2, 0.25) is 5.91 Å². The summed E-state index contributed by atoms with van der Waals surface area (Å²) in [5.74, 6) is -1.38. The second kappa shape index (κ2) is 11.4. The normalized spacial score (nSPS) is 20.6. The molecule has 1 saturated carbocycles. The number of nitrogens with zero attached hydrogens (tertiary/aromatic N) is 1. The van der Waals surface area contributed by atoms with Crippen molar-refractivity contribution >= 4 is 34.6 Å². The first kappa shape index (κ1) is 26.7. The largest absolute Gasteiger partial charge is 0.469 e. The highest BCUT2D eigenvalue weighted by Gasteiger charge is 2.46. The van der Waals surface area contributed by atoms with Crippen LogP contribution in [0.2, 0.25) is 0 Å². The lowest BCUT2D eigenvalue weighted by Crippen LogP contribution is -2.58. The van der Waals surface area contributed by atoms with Crippen molar-refractivity contribution in [2.75, 3.05) is 7.11 Å². The maximum atomic E-state index is 13.6. The summed E-state index contributed by atoms with van der Waals surface area (Å²) in [6.07, 6.45) is 7.02. The summed E-state index contributed by atoms with van der Waals surface area (Å²) < 4.78 is 4.71. The van der Waals surface area contributed by atoms with E-state index in [1.807, 2.05) is 38.1 Å². The van der Waals surface area contributed by atoms with E-state index in [4.69, 9.17) is 4.74 Å². The Bertz CT molecular complexity index is 1120. The smallest absolute Gasteiger partial charge is 0.305 e. The Morgan fingerprint density at radius 1 is 1.16 bits per heavy atom. The summed E-state index contributed by atoms with van der Waals surface area (Å²) in [6, 6.07) is 8.62. The van der Waals surface area contributed by atoms with E-state index in [0.29, 0.717) is 30.9 Å². The molecule has 9 heteroatoms. The number of hydrogen-bond acceptors (Lipinski definition) is 5. The molecule has 2 heterocycles. The zero-order valence-electron chi connectivity index (χ0n) is 22.0. The van der Waals surface area contributed by atoms with Crippen LogP contribution < -0.4 is 10.7 Å². The van der Waals surface area contributed by atoms with Gasteiger partial charge in [0, 0.05) is 23.2 Å². The van der Waals surface area contributed by atoms with E-state index in [2.05, 4.69) is 15.7 Å². The Labute approximate surface area is 217 Å². The lowest BCUT2D eigenvalue weighted by Gasteiger charge is -2.34. The van der Waals surface area contributed by atoms with E-state index in [1.54, 1.807) is 6.07 Å². The predicted molar refractivity (Wildman–Crippen MR) is 139 cm³/mol. The van der Waals surface area contributed by atoms with Crippen molar-refractivity contribution in [1.82, 2.24) is 20.7 Å². The number of fused-ring (bicyclic) bond motifs is 1. The number of hydrogen-bond donors (Lipinski definition) is 3. The summed E-state index contributed by atoms with van der Waals surface area (Å²) in [5.41, 5.74) is 3.45. The van der Waals surface area contributed by atoms with Crippen molar-refractivity contribution in [3.8, 4) is 0 Å². The molecule has 1 unspecified atom stereocenters. The number of esters is 1. The molecular formula is C28H38N4O5. The van der Waals surface area contributed by atoms with Crippen LogP contribution >= 0.6 is 0 Å². The maximum absolute atomic E-state index is 13.6. The van der Waals surface area contributed by atoms with Crippen LogP contribution in [0.3, 0.4) is 0 Å². The number of ether oxygens (including phenoxy) is 1. The number of benzene rings is 1. The molecule has 1 aromatic carbocycles. The molecule has 9 nitrogen and oxygen atoms in total. The number of H-pyrrole nitrogens is 1. The van der Waals surface area contributed by atoms with Crippen LogP contribution in [0.25, 0.3) is 10.9 Å². The molecule has 0 bridgehead atoms. The first-order chi connectivity index (χ1) is 17.7. The number of para-hydroxylation sites is 1. The Balaban J connectivity index is 1.48. The summed E-state index contributed by atoms with van der Waals surface area (Å²) in [7, 11) is 1.33. The van der Waals surface area contributed by atoms with Gasteiger partial charge in [-0.05, 0) is 51.2 Å². The molecule has 2 aliphatic rings. The van der Waals surface area contributed by atoms with Crippen LogP contribution in [-0.2, 0) is 19.1 Å². The SMILES string of the molecule is COC(=O)CCC1CC(C)(C)N(NC(=O)[C@H](CC2CCCCC2)NC(=O)c2cc3ccccc3[nH]2)C1=O. The molecule has 1 aliphatic heterocycles. The minimum atomic E-state index is -0.778. The predicted octanol–water partition coefficient (Wildman–Crippen LogP) is 3.85. The monoisotopic (exact) mass is 510 g/mol. The van der Waals surface area contributed by atoms with Crippen molar-refractivity contribution in [3.63, 3.8) is 0 Å². The Hall–Kier alpha value is -3.36. The zero-order chi connectivity index (χ0) is 26.6. The van der Waals surface area contributed by atoms with Gasteiger partial charge in [0.25, 0.3) is 11.8 Å². The molecule has 0 spiro atoms. The minimum Gasteiger partial charge on any atom is -0.469 e. The van der Waals surface area contributed by atoms with Crippen LogP contribution in [0.4, 0.5) is 0 Å². The fourth-order valence-electron chi connectivity index (χ4n) is 5.70. The third-order valence-electron chi connectivity index (χ3n) is 7.76. The number of aromatic nitrogens is 1. The average Bonchev–Trinajstić information content (AvgIpc) is 3.41. The maximum Gasteiger partial charge on any atom is 0.305 e. The van der Waals surface area contributed by atoms with Gasteiger partial charge in [-0.15, -0.1) is 0 Å². The van der Waals surface area contributed by atoms with Gasteiger partial charge in [-0.1, -0.05) is 50.3 Å². The van der Waals surface area contributed by atoms with Crippen molar-refractivity contribution in [1.29, 1.82) is 0 Å². The molecule has 0 radical (unpaired) electrons. The van der Waals surface area contributed by atoms with Crippen LogP contribution in [-0.4, -0.2) is 52.4 Å². The standard InChI is InChI=1S/C28H38N4O5/c1-28(2)17-20(13-14-24(33)37-3)27(36)32(28)31-26(35)22(15-18-9-5-4-6-10-18)30-25(34)23-16-19-11-7-8-12-21(19)29-23/h7-8,11-12,16,18,20,22,29H,4-6,9-10,13-15,17H2,1-3H3,(H,30,34)(H,31,35)/t20?,22-/m0/s1. The molecule has 2 aromatic rings. The fraction of sp³-hybridized carbons (Fsp3) is 0.571. The Morgan fingerprint density at radius 3 is 2.59 bits per heavy atom. The number of aromatic amines is 1. The van der Waals surface area contributed by atoms with Crippen LogP contribution in [0.5, 0.6) is 0 Å². The molecule has 1 aromatic heterocycles. The number of amides is 3. The summed E-state index contributed by atoms with van der Waals surface area (Å²) in [5, 5.41) is 5.24. The van der Waals surface area contributed by atoms with Crippen LogP contribution in [0, 0.1) is 11.8 Å². The van der Waals surface area contributed by atoms with Gasteiger partial charge in [0.05, 0.1) is 12.6 Å². The number of rotatable bonds is 9. The van der Waals surface area contributed by atoms with Gasteiger partial charge < -0.3 is 15.0 Å². The van der Waals surface area contributed by atoms with Gasteiger partial charge in [-0.25, -0.2) is 5.01 Å². The highest BCUT2D eigenvalue weighted by molar-refractivity contribution is 6.00. The third kappa shape index (κ3) is 6.32. The molecule has 2 fully saturated rings. The second-order valence-electron chi connectivity index (χ2n) is 11.0. The van der Waals surface area contributed by atoms with Gasteiger partial charge in [0.15, 0.2) is 0 Å². The summed E-state index contributed by atoms with van der Waals surface area (Å²) >= 11 is 0. The molecule has 1 aliphatic carbocycles. The molecule has 3 amide bonds. The molecule has 3 N–H and O–H groups in total. The van der Waals surface area contributed by atoms with Crippen molar-refractivity contribution < 1.29 is 23.9 Å². The van der Waals surface area contributed by atoms with Crippen molar-refractivity contribution in [3.05, 3.63) is 36.0 Å². The molecular weight excluding hydrogens is 472 g/mol. The average molecular weight is 511 g/mol. The quantitative estimate of drug-likeness (QED) is 0.443. The first-order valence-electron chi connectivity index (χ1n) is 13.3.